The average molecular weight is 604 g/mol. The van der Waals surface area contributed by atoms with E-state index in [1.54, 1.807) is 4.90 Å². The second-order valence-electron chi connectivity index (χ2n) is 9.81. The predicted molar refractivity (Wildman–Crippen MR) is 145 cm³/mol. The molecule has 41 heavy (non-hydrogen) atoms. The fourth-order valence-corrected chi connectivity index (χ4v) is 6.89. The first-order chi connectivity index (χ1) is 19.5. The Hall–Kier alpha value is -3.48. The summed E-state index contributed by atoms with van der Waals surface area (Å²) in [4.78, 5) is 47.4. The van der Waals surface area contributed by atoms with Crippen LogP contribution < -0.4 is 15.2 Å². The molecular formula is C27H24F2N3O7PS. The number of phosphoric ester groups is 1. The van der Waals surface area contributed by atoms with E-state index in [0.29, 0.717) is 18.4 Å². The van der Waals surface area contributed by atoms with Crippen molar-refractivity contribution < 1.29 is 37.2 Å². The molecule has 0 unspecified atom stereocenters. The van der Waals surface area contributed by atoms with E-state index in [-0.39, 0.29) is 23.6 Å². The zero-order valence-corrected chi connectivity index (χ0v) is 23.1. The summed E-state index contributed by atoms with van der Waals surface area (Å²) in [6, 6.07) is 10.5. The predicted octanol–water partition coefficient (Wildman–Crippen LogP) is 4.04. The lowest BCUT2D eigenvalue weighted by Crippen LogP contribution is -2.64. The van der Waals surface area contributed by atoms with Gasteiger partial charge in [0, 0.05) is 41.4 Å². The molecule has 2 N–H and O–H groups in total. The van der Waals surface area contributed by atoms with Crippen LogP contribution in [0.1, 0.15) is 46.1 Å². The van der Waals surface area contributed by atoms with Crippen molar-refractivity contribution in [2.75, 3.05) is 18.3 Å². The number of hydrogen-bond acceptors (Lipinski definition) is 7. The maximum absolute atomic E-state index is 15.3. The molecular weight excluding hydrogens is 579 g/mol. The molecule has 6 rings (SSSR count). The fourth-order valence-electron chi connectivity index (χ4n) is 5.59. The summed E-state index contributed by atoms with van der Waals surface area (Å²) in [7, 11) is -4.93. The van der Waals surface area contributed by atoms with Crippen molar-refractivity contribution >= 4 is 25.5 Å². The number of carbonyl (C=O) groups excluding carboxylic acids is 1. The number of ether oxygens (including phenoxy) is 1. The van der Waals surface area contributed by atoms with Crippen molar-refractivity contribution in [1.29, 1.82) is 0 Å². The molecule has 0 saturated carbocycles. The van der Waals surface area contributed by atoms with Crippen LogP contribution in [0, 0.1) is 11.6 Å². The Kier molecular flexibility index (Phi) is 7.03. The molecule has 3 aliphatic heterocycles. The van der Waals surface area contributed by atoms with Gasteiger partial charge in [0.05, 0.1) is 6.04 Å². The highest BCUT2D eigenvalue weighted by Gasteiger charge is 2.46. The summed E-state index contributed by atoms with van der Waals surface area (Å²) in [5, 5.41) is 1.83. The number of halogens is 2. The molecule has 1 fully saturated rings. The van der Waals surface area contributed by atoms with Gasteiger partial charge in [0.2, 0.25) is 18.0 Å². The molecule has 10 nitrogen and oxygen atoms in total. The van der Waals surface area contributed by atoms with Crippen LogP contribution in [-0.4, -0.2) is 44.8 Å². The largest absolute Gasteiger partial charge is 0.472 e. The molecule has 1 aromatic heterocycles. The van der Waals surface area contributed by atoms with Gasteiger partial charge in [-0.1, -0.05) is 36.4 Å². The van der Waals surface area contributed by atoms with Crippen LogP contribution in [-0.2, 0) is 14.8 Å². The zero-order chi connectivity index (χ0) is 29.1. The van der Waals surface area contributed by atoms with Gasteiger partial charge in [-0.25, -0.2) is 17.9 Å². The molecule has 2 aromatic carbocycles. The summed E-state index contributed by atoms with van der Waals surface area (Å²) in [6.07, 6.45) is 1.68. The normalized spacial score (nSPS) is 20.1. The van der Waals surface area contributed by atoms with E-state index < -0.39 is 55.5 Å². The zero-order valence-electron chi connectivity index (χ0n) is 21.4. The molecule has 1 amide bonds. The van der Waals surface area contributed by atoms with Crippen molar-refractivity contribution in [3.8, 4) is 5.75 Å². The van der Waals surface area contributed by atoms with E-state index in [1.807, 2.05) is 29.3 Å². The lowest BCUT2D eigenvalue weighted by atomic mass is 9.91. The third kappa shape index (κ3) is 4.87. The summed E-state index contributed by atoms with van der Waals surface area (Å²) in [6.45, 7) is 3.43. The van der Waals surface area contributed by atoms with E-state index in [4.69, 9.17) is 14.5 Å². The van der Waals surface area contributed by atoms with Gasteiger partial charge in [-0.3, -0.25) is 19.3 Å². The molecule has 0 spiro atoms. The summed E-state index contributed by atoms with van der Waals surface area (Å²) in [5.74, 6) is -2.75. The maximum Gasteiger partial charge on any atom is 0.472 e. The van der Waals surface area contributed by atoms with Crippen LogP contribution in [0.15, 0.2) is 70.5 Å². The van der Waals surface area contributed by atoms with Gasteiger partial charge < -0.3 is 19.4 Å². The second-order valence-corrected chi connectivity index (χ2v) is 12.1. The Bertz CT molecular complexity index is 1690. The van der Waals surface area contributed by atoms with E-state index in [9.17, 15) is 18.5 Å². The second kappa shape index (κ2) is 10.4. The van der Waals surface area contributed by atoms with Gasteiger partial charge in [-0.15, -0.1) is 11.8 Å². The van der Waals surface area contributed by atoms with E-state index in [0.717, 1.165) is 28.2 Å². The Morgan fingerprint density at radius 2 is 1.88 bits per heavy atom. The molecule has 2 atom stereocenters. The number of amides is 1. The minimum atomic E-state index is -4.93. The van der Waals surface area contributed by atoms with Crippen molar-refractivity contribution in [3.05, 3.63) is 105 Å². The lowest BCUT2D eigenvalue weighted by molar-refractivity contribution is 0.0485. The monoisotopic (exact) mass is 603 g/mol. The van der Waals surface area contributed by atoms with E-state index >= 15 is 4.39 Å². The van der Waals surface area contributed by atoms with Crippen molar-refractivity contribution in [1.82, 2.24) is 9.58 Å². The highest BCUT2D eigenvalue weighted by molar-refractivity contribution is 7.98. The van der Waals surface area contributed by atoms with Crippen LogP contribution >= 0.6 is 19.6 Å². The summed E-state index contributed by atoms with van der Waals surface area (Å²) >= 11 is 1.37. The van der Waals surface area contributed by atoms with Crippen LogP contribution in [0.5, 0.6) is 5.75 Å². The third-order valence-electron chi connectivity index (χ3n) is 7.39. The summed E-state index contributed by atoms with van der Waals surface area (Å²) < 4.78 is 52.2. The number of fused-ring (bicyclic) bond motifs is 4. The van der Waals surface area contributed by atoms with Crippen molar-refractivity contribution in [2.45, 2.75) is 35.7 Å². The molecule has 0 radical (unpaired) electrons. The van der Waals surface area contributed by atoms with Gasteiger partial charge in [-0.2, -0.15) is 0 Å². The molecule has 4 heterocycles. The number of carbonyl (C=O) groups is 1. The number of thioether (sulfide) groups is 1. The number of pyridine rings is 1. The number of phosphoric acid groups is 1. The highest BCUT2D eigenvalue weighted by atomic mass is 32.2. The molecule has 0 aliphatic carbocycles. The first-order valence-electron chi connectivity index (χ1n) is 12.6. The van der Waals surface area contributed by atoms with Crippen LogP contribution in [0.4, 0.5) is 8.78 Å². The van der Waals surface area contributed by atoms with Crippen molar-refractivity contribution in [2.24, 2.45) is 0 Å². The fraction of sp³-hybridized carbons (Fsp3) is 0.259. The minimum absolute atomic E-state index is 0.172. The standard InChI is InChI=1S/C27H24F2N3O7PS/c1-15-8-10-30-22(12-15)32(31-11-9-20(33)26(25(31)27(30)34)38-14-39-40(35,36)37)24-16-6-7-19(28)23(29)18(16)13-41-21-5-3-2-4-17(21)24/h2-7,9,11,22,24H,1,8,10,12-14H2,(H2,35,36,37)/t22-,24+/m1/s1. The molecule has 214 valence electrons. The quantitative estimate of drug-likeness (QED) is 0.253. The molecule has 1 saturated heterocycles. The highest BCUT2D eigenvalue weighted by Crippen LogP contribution is 2.46. The van der Waals surface area contributed by atoms with Crippen LogP contribution in [0.3, 0.4) is 0 Å². The Balaban J connectivity index is 1.60. The summed E-state index contributed by atoms with van der Waals surface area (Å²) in [5.41, 5.74) is 1.46. The Labute approximate surface area is 237 Å². The molecule has 3 aliphatic rings. The Morgan fingerprint density at radius 3 is 2.66 bits per heavy atom. The van der Waals surface area contributed by atoms with Gasteiger partial charge in [0.15, 0.2) is 17.3 Å². The van der Waals surface area contributed by atoms with Gasteiger partial charge in [0.25, 0.3) is 5.91 Å². The van der Waals surface area contributed by atoms with E-state index in [2.05, 4.69) is 11.1 Å². The molecule has 0 bridgehead atoms. The van der Waals surface area contributed by atoms with Crippen LogP contribution in [0.25, 0.3) is 0 Å². The first kappa shape index (κ1) is 27.7. The number of benzene rings is 2. The topological polar surface area (TPSA) is 122 Å². The van der Waals surface area contributed by atoms with Gasteiger partial charge in [0.1, 0.15) is 6.17 Å². The van der Waals surface area contributed by atoms with Crippen molar-refractivity contribution in [3.63, 3.8) is 0 Å². The maximum atomic E-state index is 15.3. The number of nitrogens with zero attached hydrogens (tertiary/aromatic N) is 3. The lowest BCUT2D eigenvalue weighted by Gasteiger charge is -2.52. The van der Waals surface area contributed by atoms with Gasteiger partial charge in [-0.05, 0) is 29.7 Å². The first-order valence-corrected chi connectivity index (χ1v) is 15.1. The Morgan fingerprint density at radius 1 is 1.10 bits per heavy atom. The molecule has 3 aromatic rings. The van der Waals surface area contributed by atoms with Crippen LogP contribution in [0.2, 0.25) is 0 Å². The minimum Gasteiger partial charge on any atom is -0.460 e. The SMILES string of the molecule is C=C1CCN2C(=O)c3c(OCOP(=O)(O)O)c(=O)ccn3N([C@@H]3c4ccccc4SCc4c3ccc(F)c4F)[C@@H]2C1. The number of aromatic nitrogens is 1. The number of piperidine rings is 1. The van der Waals surface area contributed by atoms with E-state index in [1.165, 1.54) is 28.7 Å². The average Bonchev–Trinajstić information content (AvgIpc) is 3.09. The number of hydrogen-bond donors (Lipinski definition) is 2. The van der Waals surface area contributed by atoms with Gasteiger partial charge >= 0.3 is 7.82 Å². The smallest absolute Gasteiger partial charge is 0.460 e. The number of rotatable bonds is 5. The third-order valence-corrected chi connectivity index (χ3v) is 8.95. The molecule has 14 heteroatoms.